The van der Waals surface area contributed by atoms with Crippen molar-refractivity contribution in [2.24, 2.45) is 5.92 Å². The van der Waals surface area contributed by atoms with Crippen LogP contribution >= 0.6 is 11.3 Å². The van der Waals surface area contributed by atoms with Crippen LogP contribution in [0.1, 0.15) is 59.2 Å². The second-order valence-electron chi connectivity index (χ2n) is 7.65. The summed E-state index contributed by atoms with van der Waals surface area (Å²) < 4.78 is 10.7. The third kappa shape index (κ3) is 5.58. The van der Waals surface area contributed by atoms with Gasteiger partial charge in [0.15, 0.2) is 0 Å². The quantitative estimate of drug-likeness (QED) is 0.346. The molecule has 0 saturated heterocycles. The van der Waals surface area contributed by atoms with Gasteiger partial charge in [-0.15, -0.1) is 11.3 Å². The molecule has 31 heavy (non-hydrogen) atoms. The number of ether oxygens (including phenoxy) is 2. The first-order chi connectivity index (χ1) is 14.9. The van der Waals surface area contributed by atoms with Gasteiger partial charge in [-0.05, 0) is 43.0 Å². The Bertz CT molecular complexity index is 1080. The summed E-state index contributed by atoms with van der Waals surface area (Å²) in [6.45, 7) is 8.66. The molecule has 0 saturated carbocycles. The van der Waals surface area contributed by atoms with Gasteiger partial charge in [0.25, 0.3) is 0 Å². The van der Waals surface area contributed by atoms with E-state index in [0.717, 1.165) is 23.8 Å². The molecular weight excluding hydrogens is 414 g/mol. The Hall–Kier alpha value is -3.00. The number of nitrogens with zero attached hydrogens (tertiary/aromatic N) is 2. The molecule has 0 unspecified atom stereocenters. The van der Waals surface area contributed by atoms with E-state index < -0.39 is 0 Å². The number of hydrogen-bond acceptors (Lipinski definition) is 8. The van der Waals surface area contributed by atoms with E-state index >= 15 is 0 Å². The number of benzene rings is 1. The fourth-order valence-electron chi connectivity index (χ4n) is 2.92. The van der Waals surface area contributed by atoms with E-state index in [9.17, 15) is 9.59 Å². The highest BCUT2D eigenvalue weighted by Gasteiger charge is 2.21. The van der Waals surface area contributed by atoms with Crippen molar-refractivity contribution in [3.63, 3.8) is 0 Å². The lowest BCUT2D eigenvalue weighted by Crippen LogP contribution is -2.09. The van der Waals surface area contributed by atoms with Crippen LogP contribution in [0.4, 0.5) is 11.5 Å². The van der Waals surface area contributed by atoms with Gasteiger partial charge in [-0.1, -0.05) is 33.3 Å². The van der Waals surface area contributed by atoms with Crippen LogP contribution in [0, 0.1) is 12.8 Å². The molecule has 7 nitrogen and oxygen atoms in total. The van der Waals surface area contributed by atoms with E-state index in [0.29, 0.717) is 40.0 Å². The van der Waals surface area contributed by atoms with Crippen LogP contribution in [0.2, 0.25) is 0 Å². The third-order valence-electron chi connectivity index (χ3n) is 4.55. The molecule has 0 amide bonds. The van der Waals surface area contributed by atoms with Crippen molar-refractivity contribution in [3.05, 3.63) is 46.6 Å². The lowest BCUT2D eigenvalue weighted by molar-refractivity contribution is 0.0462. The van der Waals surface area contributed by atoms with Gasteiger partial charge in [0.2, 0.25) is 0 Å². The first-order valence-corrected chi connectivity index (χ1v) is 11.2. The van der Waals surface area contributed by atoms with Crippen molar-refractivity contribution in [1.82, 2.24) is 9.97 Å². The summed E-state index contributed by atoms with van der Waals surface area (Å²) in [5.74, 6) is 0.124. The second kappa shape index (κ2) is 10.3. The number of nitrogens with one attached hydrogen (secondary N) is 1. The first-order valence-electron chi connectivity index (χ1n) is 10.4. The Morgan fingerprint density at radius 1 is 1.16 bits per heavy atom. The van der Waals surface area contributed by atoms with Crippen molar-refractivity contribution >= 4 is 45.0 Å². The summed E-state index contributed by atoms with van der Waals surface area (Å²) in [7, 11) is 0. The maximum atomic E-state index is 12.5. The van der Waals surface area contributed by atoms with Gasteiger partial charge in [-0.25, -0.2) is 19.6 Å². The molecule has 1 aromatic carbocycles. The van der Waals surface area contributed by atoms with E-state index in [1.165, 1.54) is 17.7 Å². The van der Waals surface area contributed by atoms with Gasteiger partial charge >= 0.3 is 11.9 Å². The van der Waals surface area contributed by atoms with E-state index in [1.807, 2.05) is 33.8 Å². The standard InChI is InChI=1S/C23H27N3O4S/c1-5-6-10-29-22(27)16-8-7-9-17(11-16)26-20-18-15(4)19(23(28)30-12-14(2)3)31-21(18)25-13-24-20/h7-9,11,13-14H,5-6,10,12H2,1-4H3,(H,24,25,26). The van der Waals surface area contributed by atoms with Crippen molar-refractivity contribution in [2.75, 3.05) is 18.5 Å². The zero-order chi connectivity index (χ0) is 22.4. The predicted octanol–water partition coefficient (Wildman–Crippen LogP) is 5.51. The minimum atomic E-state index is -0.355. The van der Waals surface area contributed by atoms with E-state index in [-0.39, 0.29) is 17.9 Å². The van der Waals surface area contributed by atoms with Gasteiger partial charge in [0, 0.05) is 5.69 Å². The van der Waals surface area contributed by atoms with Gasteiger partial charge < -0.3 is 14.8 Å². The number of aryl methyl sites for hydroxylation is 1. The molecule has 0 bridgehead atoms. The minimum absolute atomic E-state index is 0.261. The summed E-state index contributed by atoms with van der Waals surface area (Å²) in [6, 6.07) is 7.07. The molecule has 164 valence electrons. The molecule has 0 spiro atoms. The molecule has 0 fully saturated rings. The van der Waals surface area contributed by atoms with Crippen LogP contribution in [-0.2, 0) is 9.47 Å². The Morgan fingerprint density at radius 3 is 2.71 bits per heavy atom. The van der Waals surface area contributed by atoms with Crippen molar-refractivity contribution in [2.45, 2.75) is 40.5 Å². The van der Waals surface area contributed by atoms with Crippen LogP contribution in [0.3, 0.4) is 0 Å². The number of rotatable bonds is 9. The number of hydrogen-bond donors (Lipinski definition) is 1. The predicted molar refractivity (Wildman–Crippen MR) is 122 cm³/mol. The Kier molecular flexibility index (Phi) is 7.57. The average molecular weight is 442 g/mol. The van der Waals surface area contributed by atoms with E-state index in [4.69, 9.17) is 9.47 Å². The summed E-state index contributed by atoms with van der Waals surface area (Å²) in [4.78, 5) is 34.7. The number of anilines is 2. The van der Waals surface area contributed by atoms with Crippen molar-refractivity contribution in [3.8, 4) is 0 Å². The van der Waals surface area contributed by atoms with Gasteiger partial charge in [0.05, 0.1) is 24.2 Å². The number of carbonyl (C=O) groups is 2. The van der Waals surface area contributed by atoms with Crippen LogP contribution in [0.15, 0.2) is 30.6 Å². The molecule has 8 heteroatoms. The summed E-state index contributed by atoms with van der Waals surface area (Å²) in [5.41, 5.74) is 1.93. The van der Waals surface area contributed by atoms with Gasteiger partial charge in [0.1, 0.15) is 21.9 Å². The average Bonchev–Trinajstić information content (AvgIpc) is 3.10. The number of carbonyl (C=O) groups excluding carboxylic acids is 2. The maximum absolute atomic E-state index is 12.5. The van der Waals surface area contributed by atoms with Gasteiger partial charge in [-0.2, -0.15) is 0 Å². The maximum Gasteiger partial charge on any atom is 0.348 e. The molecule has 0 aliphatic carbocycles. The summed E-state index contributed by atoms with van der Waals surface area (Å²) in [6.07, 6.45) is 3.25. The highest BCUT2D eigenvalue weighted by Crippen LogP contribution is 2.35. The molecule has 3 rings (SSSR count). The molecule has 3 aromatic rings. The van der Waals surface area contributed by atoms with Crippen molar-refractivity contribution in [1.29, 1.82) is 0 Å². The molecule has 0 aliphatic heterocycles. The normalized spacial score (nSPS) is 11.0. The van der Waals surface area contributed by atoms with E-state index in [2.05, 4.69) is 15.3 Å². The number of aromatic nitrogens is 2. The van der Waals surface area contributed by atoms with Crippen molar-refractivity contribution < 1.29 is 19.1 Å². The molecule has 2 heterocycles. The van der Waals surface area contributed by atoms with Crippen LogP contribution in [-0.4, -0.2) is 35.1 Å². The number of esters is 2. The minimum Gasteiger partial charge on any atom is -0.462 e. The fraction of sp³-hybridized carbons (Fsp3) is 0.391. The molecule has 1 N–H and O–H groups in total. The molecule has 0 aliphatic rings. The third-order valence-corrected chi connectivity index (χ3v) is 5.73. The molecule has 0 radical (unpaired) electrons. The van der Waals surface area contributed by atoms with Crippen LogP contribution in [0.25, 0.3) is 10.2 Å². The largest absolute Gasteiger partial charge is 0.462 e. The second-order valence-corrected chi connectivity index (χ2v) is 8.65. The zero-order valence-electron chi connectivity index (χ0n) is 18.2. The number of fused-ring (bicyclic) bond motifs is 1. The Labute approximate surface area is 185 Å². The smallest absolute Gasteiger partial charge is 0.348 e. The lowest BCUT2D eigenvalue weighted by atomic mass is 10.1. The lowest BCUT2D eigenvalue weighted by Gasteiger charge is -2.09. The molecular formula is C23H27N3O4S. The molecule has 0 atom stereocenters. The summed E-state index contributed by atoms with van der Waals surface area (Å²) in [5, 5.41) is 4.01. The number of thiophene rings is 1. The fourth-order valence-corrected chi connectivity index (χ4v) is 3.96. The van der Waals surface area contributed by atoms with Crippen LogP contribution < -0.4 is 5.32 Å². The highest BCUT2D eigenvalue weighted by molar-refractivity contribution is 7.20. The zero-order valence-corrected chi connectivity index (χ0v) is 19.0. The SMILES string of the molecule is CCCCOC(=O)c1cccc(Nc2ncnc3sc(C(=O)OCC(C)C)c(C)c23)c1. The number of unbranched alkanes of at least 4 members (excludes halogenated alkanes) is 1. The van der Waals surface area contributed by atoms with Gasteiger partial charge in [-0.3, -0.25) is 0 Å². The Balaban J connectivity index is 1.85. The molecule has 2 aromatic heterocycles. The highest BCUT2D eigenvalue weighted by atomic mass is 32.1. The first kappa shape index (κ1) is 22.7. The monoisotopic (exact) mass is 441 g/mol. The van der Waals surface area contributed by atoms with E-state index in [1.54, 1.807) is 18.2 Å². The van der Waals surface area contributed by atoms with Crippen LogP contribution in [0.5, 0.6) is 0 Å². The topological polar surface area (TPSA) is 90.4 Å². The Morgan fingerprint density at radius 2 is 1.97 bits per heavy atom. The summed E-state index contributed by atoms with van der Waals surface area (Å²) >= 11 is 1.29.